The molecule has 0 aromatic heterocycles. The van der Waals surface area contributed by atoms with Crippen molar-refractivity contribution in [3.05, 3.63) is 59.7 Å². The van der Waals surface area contributed by atoms with Crippen molar-refractivity contribution in [2.45, 2.75) is 33.4 Å². The number of anilines is 1. The van der Waals surface area contributed by atoms with Crippen molar-refractivity contribution in [3.8, 4) is 5.75 Å². The zero-order valence-corrected chi connectivity index (χ0v) is 18.1. The van der Waals surface area contributed by atoms with Crippen LogP contribution in [0.15, 0.2) is 48.5 Å². The van der Waals surface area contributed by atoms with Crippen LogP contribution in [0.25, 0.3) is 0 Å². The number of hydrogen-bond acceptors (Lipinski definition) is 4. The Labute approximate surface area is 174 Å². The molecule has 2 aromatic rings. The van der Waals surface area contributed by atoms with Crippen molar-refractivity contribution >= 4 is 11.6 Å². The average molecular weight is 396 g/mol. The van der Waals surface area contributed by atoms with Crippen molar-refractivity contribution in [3.63, 3.8) is 0 Å². The van der Waals surface area contributed by atoms with Crippen molar-refractivity contribution in [1.82, 2.24) is 9.80 Å². The minimum absolute atomic E-state index is 0.139. The Kier molecular flexibility index (Phi) is 7.29. The van der Waals surface area contributed by atoms with Crippen molar-refractivity contribution in [1.29, 1.82) is 0 Å². The summed E-state index contributed by atoms with van der Waals surface area (Å²) < 4.78 is 5.52. The molecule has 0 aliphatic carbocycles. The molecule has 1 aliphatic rings. The van der Waals surface area contributed by atoms with Crippen molar-refractivity contribution in [2.24, 2.45) is 0 Å². The van der Waals surface area contributed by atoms with Crippen LogP contribution in [-0.4, -0.2) is 61.6 Å². The minimum atomic E-state index is 0.139. The molecule has 0 bridgehead atoms. The minimum Gasteiger partial charge on any atom is -0.496 e. The summed E-state index contributed by atoms with van der Waals surface area (Å²) in [6, 6.07) is 16.4. The summed E-state index contributed by atoms with van der Waals surface area (Å²) >= 11 is 0. The molecule has 0 atom stereocenters. The molecule has 0 spiro atoms. The number of carbonyl (C=O) groups excluding carboxylic acids is 1. The molecule has 5 nitrogen and oxygen atoms in total. The van der Waals surface area contributed by atoms with Gasteiger partial charge >= 0.3 is 0 Å². The van der Waals surface area contributed by atoms with Gasteiger partial charge in [-0.25, -0.2) is 0 Å². The van der Waals surface area contributed by atoms with Gasteiger partial charge in [-0.05, 0) is 39.0 Å². The summed E-state index contributed by atoms with van der Waals surface area (Å²) in [7, 11) is 1.73. The van der Waals surface area contributed by atoms with E-state index < -0.39 is 0 Å². The number of aryl methyl sites for hydroxylation is 1. The van der Waals surface area contributed by atoms with E-state index in [1.54, 1.807) is 7.11 Å². The lowest BCUT2D eigenvalue weighted by molar-refractivity contribution is -0.120. The number of piperazine rings is 1. The van der Waals surface area contributed by atoms with Gasteiger partial charge in [0.1, 0.15) is 5.75 Å². The highest BCUT2D eigenvalue weighted by atomic mass is 16.5. The fourth-order valence-corrected chi connectivity index (χ4v) is 3.96. The van der Waals surface area contributed by atoms with Crippen LogP contribution in [0.1, 0.15) is 25.0 Å². The number of nitrogens with zero attached hydrogens (tertiary/aromatic N) is 3. The molecule has 5 heteroatoms. The maximum Gasteiger partial charge on any atom is 0.241 e. The zero-order chi connectivity index (χ0) is 20.8. The second kappa shape index (κ2) is 9.90. The molecule has 1 saturated heterocycles. The van der Waals surface area contributed by atoms with E-state index in [1.165, 1.54) is 11.1 Å². The predicted molar refractivity (Wildman–Crippen MR) is 119 cm³/mol. The smallest absolute Gasteiger partial charge is 0.241 e. The Hall–Kier alpha value is -2.37. The Morgan fingerprint density at radius 2 is 1.69 bits per heavy atom. The van der Waals surface area contributed by atoms with Crippen LogP contribution < -0.4 is 9.64 Å². The topological polar surface area (TPSA) is 36.0 Å². The van der Waals surface area contributed by atoms with Gasteiger partial charge in [-0.3, -0.25) is 14.6 Å². The maximum atomic E-state index is 13.0. The van der Waals surface area contributed by atoms with Gasteiger partial charge in [-0.2, -0.15) is 0 Å². The maximum absolute atomic E-state index is 13.0. The third kappa shape index (κ3) is 5.58. The summed E-state index contributed by atoms with van der Waals surface area (Å²) in [6.07, 6.45) is 0. The van der Waals surface area contributed by atoms with Crippen LogP contribution in [0.2, 0.25) is 0 Å². The number of methoxy groups -OCH3 is 1. The van der Waals surface area contributed by atoms with Gasteiger partial charge in [0.25, 0.3) is 0 Å². The fourth-order valence-electron chi connectivity index (χ4n) is 3.96. The molecule has 156 valence electrons. The molecule has 0 N–H and O–H groups in total. The molecular formula is C24H33N3O2. The van der Waals surface area contributed by atoms with Crippen molar-refractivity contribution < 1.29 is 9.53 Å². The lowest BCUT2D eigenvalue weighted by Gasteiger charge is -2.36. The van der Waals surface area contributed by atoms with Crippen LogP contribution in [0.3, 0.4) is 0 Å². The van der Waals surface area contributed by atoms with Gasteiger partial charge in [-0.15, -0.1) is 0 Å². The van der Waals surface area contributed by atoms with E-state index in [0.29, 0.717) is 6.54 Å². The number of amides is 1. The molecule has 0 unspecified atom stereocenters. The van der Waals surface area contributed by atoms with Crippen LogP contribution >= 0.6 is 0 Å². The van der Waals surface area contributed by atoms with E-state index in [2.05, 4.69) is 42.7 Å². The van der Waals surface area contributed by atoms with E-state index in [-0.39, 0.29) is 11.9 Å². The first-order chi connectivity index (χ1) is 14.0. The third-order valence-corrected chi connectivity index (χ3v) is 5.47. The third-order valence-electron chi connectivity index (χ3n) is 5.47. The van der Waals surface area contributed by atoms with Crippen LogP contribution in [-0.2, 0) is 11.3 Å². The van der Waals surface area contributed by atoms with Gasteiger partial charge in [0.2, 0.25) is 5.91 Å². The van der Waals surface area contributed by atoms with Crippen LogP contribution in [0, 0.1) is 6.92 Å². The molecule has 1 amide bonds. The summed E-state index contributed by atoms with van der Waals surface area (Å²) in [5.41, 5.74) is 3.45. The normalized spacial score (nSPS) is 15.5. The summed E-state index contributed by atoms with van der Waals surface area (Å²) in [4.78, 5) is 19.6. The summed E-state index contributed by atoms with van der Waals surface area (Å²) in [6.45, 7) is 11.3. The molecular weight excluding hydrogens is 362 g/mol. The highest BCUT2D eigenvalue weighted by molar-refractivity contribution is 5.95. The van der Waals surface area contributed by atoms with Crippen molar-refractivity contribution in [2.75, 3.05) is 44.7 Å². The quantitative estimate of drug-likeness (QED) is 0.718. The fraction of sp³-hybridized carbons (Fsp3) is 0.458. The SMILES string of the molecule is COc1ccc(C)cc1CN1CCN(CC(=O)N(c2ccccc2)C(C)C)CC1. The number of benzene rings is 2. The first-order valence-electron chi connectivity index (χ1n) is 10.4. The lowest BCUT2D eigenvalue weighted by atomic mass is 10.1. The van der Waals surface area contributed by atoms with E-state index >= 15 is 0 Å². The number of ether oxygens (including phenoxy) is 1. The van der Waals surface area contributed by atoms with Crippen LogP contribution in [0.4, 0.5) is 5.69 Å². The van der Waals surface area contributed by atoms with Gasteiger partial charge in [0, 0.05) is 50.0 Å². The Morgan fingerprint density at radius 1 is 1.03 bits per heavy atom. The first kappa shape index (κ1) is 21.3. The number of hydrogen-bond donors (Lipinski definition) is 0. The van der Waals surface area contributed by atoms with Gasteiger partial charge < -0.3 is 9.64 Å². The monoisotopic (exact) mass is 395 g/mol. The number of para-hydroxylation sites is 1. The Morgan fingerprint density at radius 3 is 2.31 bits per heavy atom. The second-order valence-electron chi connectivity index (χ2n) is 8.06. The zero-order valence-electron chi connectivity index (χ0n) is 18.1. The molecule has 3 rings (SSSR count). The molecule has 1 heterocycles. The molecule has 0 saturated carbocycles. The van der Waals surface area contributed by atoms with E-state index in [1.807, 2.05) is 41.3 Å². The van der Waals surface area contributed by atoms with E-state index in [4.69, 9.17) is 4.74 Å². The molecule has 0 radical (unpaired) electrons. The van der Waals surface area contributed by atoms with Gasteiger partial charge in [0.15, 0.2) is 0 Å². The number of carbonyl (C=O) groups is 1. The predicted octanol–water partition coefficient (Wildman–Crippen LogP) is 3.56. The second-order valence-corrected chi connectivity index (χ2v) is 8.06. The molecule has 2 aromatic carbocycles. The molecule has 1 fully saturated rings. The summed E-state index contributed by atoms with van der Waals surface area (Å²) in [5.74, 6) is 1.11. The highest BCUT2D eigenvalue weighted by Crippen LogP contribution is 2.22. The Balaban J connectivity index is 1.55. The van der Waals surface area contributed by atoms with E-state index in [0.717, 1.165) is 44.2 Å². The van der Waals surface area contributed by atoms with Crippen LogP contribution in [0.5, 0.6) is 5.75 Å². The van der Waals surface area contributed by atoms with Gasteiger partial charge in [-0.1, -0.05) is 35.9 Å². The standard InChI is InChI=1S/C24H33N3O2/c1-19(2)27(22-8-6-5-7-9-22)24(28)18-26-14-12-25(13-15-26)17-21-16-20(3)10-11-23(21)29-4/h5-11,16,19H,12-15,17-18H2,1-4H3. The van der Waals surface area contributed by atoms with E-state index in [9.17, 15) is 4.79 Å². The lowest BCUT2D eigenvalue weighted by Crippen LogP contribution is -2.50. The highest BCUT2D eigenvalue weighted by Gasteiger charge is 2.24. The van der Waals surface area contributed by atoms with Gasteiger partial charge in [0.05, 0.1) is 13.7 Å². The average Bonchev–Trinajstić information content (AvgIpc) is 2.70. The first-order valence-corrected chi connectivity index (χ1v) is 10.4. The molecule has 1 aliphatic heterocycles. The Bertz CT molecular complexity index is 799. The largest absolute Gasteiger partial charge is 0.496 e. The summed E-state index contributed by atoms with van der Waals surface area (Å²) in [5, 5.41) is 0. The number of rotatable bonds is 7. The molecule has 29 heavy (non-hydrogen) atoms.